The quantitative estimate of drug-likeness (QED) is 0.355. The topological polar surface area (TPSA) is 60.8 Å². The number of benzene rings is 1. The van der Waals surface area contributed by atoms with Gasteiger partial charge < -0.3 is 5.11 Å². The highest BCUT2D eigenvalue weighted by Gasteiger charge is 2.32. The zero-order valence-electron chi connectivity index (χ0n) is 23.3. The lowest BCUT2D eigenvalue weighted by Crippen LogP contribution is -2.26. The van der Waals surface area contributed by atoms with E-state index in [4.69, 9.17) is 0 Å². The van der Waals surface area contributed by atoms with Crippen molar-refractivity contribution in [2.45, 2.75) is 100 Å². The van der Waals surface area contributed by atoms with E-state index in [1.54, 1.807) is 0 Å². The SMILES string of the molecule is CC(C)(C)C1=C/C(=C\N(O)Cc2cc(C(C)(C)C)cc(C(C)(C)C)c2O)C(=O)C(C(C)(C)C)=C1. The van der Waals surface area contributed by atoms with E-state index in [0.29, 0.717) is 11.1 Å². The summed E-state index contributed by atoms with van der Waals surface area (Å²) in [6, 6.07) is 4.01. The van der Waals surface area contributed by atoms with Crippen molar-refractivity contribution in [1.82, 2.24) is 5.06 Å². The van der Waals surface area contributed by atoms with Crippen LogP contribution in [0.15, 0.2) is 47.2 Å². The molecule has 0 saturated carbocycles. The molecule has 0 amide bonds. The van der Waals surface area contributed by atoms with Crippen LogP contribution in [-0.2, 0) is 22.2 Å². The number of carbonyl (C=O) groups excluding carboxylic acids is 1. The van der Waals surface area contributed by atoms with Crippen LogP contribution in [0, 0.1) is 10.8 Å². The molecule has 1 aliphatic rings. The van der Waals surface area contributed by atoms with Gasteiger partial charge in [0.05, 0.1) is 6.54 Å². The maximum atomic E-state index is 13.3. The average molecular weight is 468 g/mol. The van der Waals surface area contributed by atoms with Crippen LogP contribution < -0.4 is 0 Å². The van der Waals surface area contributed by atoms with E-state index >= 15 is 0 Å². The third-order valence-electron chi connectivity index (χ3n) is 6.28. The number of nitrogens with zero attached hydrogens (tertiary/aromatic N) is 1. The van der Waals surface area contributed by atoms with Crippen LogP contribution in [0.1, 0.15) is 99.8 Å². The molecule has 0 saturated heterocycles. The number of hydrogen-bond donors (Lipinski definition) is 2. The molecule has 0 aliphatic heterocycles. The van der Waals surface area contributed by atoms with Crippen LogP contribution in [0.25, 0.3) is 0 Å². The molecule has 1 aliphatic carbocycles. The van der Waals surface area contributed by atoms with Gasteiger partial charge in [-0.05, 0) is 50.5 Å². The Balaban J connectivity index is 2.54. The monoisotopic (exact) mass is 467 g/mol. The summed E-state index contributed by atoms with van der Waals surface area (Å²) in [6.07, 6.45) is 5.36. The molecule has 2 rings (SSSR count). The van der Waals surface area contributed by atoms with Gasteiger partial charge in [0.2, 0.25) is 0 Å². The standard InChI is InChI=1S/C30H45NO3/c1-27(2,3)21-13-19(25(32)23(15-21)29(7,8)9)17-31(34)18-20-14-22(28(4,5)6)16-24(26(20)33)30(10,11)12/h13-17,33-34H,18H2,1-12H3/b19-17+. The van der Waals surface area contributed by atoms with Gasteiger partial charge in [0, 0.05) is 22.9 Å². The van der Waals surface area contributed by atoms with Crippen LogP contribution in [0.3, 0.4) is 0 Å². The maximum Gasteiger partial charge on any atom is 0.191 e. The van der Waals surface area contributed by atoms with E-state index in [0.717, 1.165) is 27.3 Å². The third-order valence-corrected chi connectivity index (χ3v) is 6.28. The molecule has 4 heteroatoms. The second-order valence-electron chi connectivity index (χ2n) is 13.7. The van der Waals surface area contributed by atoms with E-state index in [1.807, 2.05) is 39.0 Å². The first-order chi connectivity index (χ1) is 15.1. The highest BCUT2D eigenvalue weighted by molar-refractivity contribution is 6.12. The second kappa shape index (κ2) is 9.03. The van der Waals surface area contributed by atoms with Crippen molar-refractivity contribution in [3.05, 3.63) is 63.9 Å². The zero-order valence-corrected chi connectivity index (χ0v) is 23.3. The van der Waals surface area contributed by atoms with Gasteiger partial charge in [-0.1, -0.05) is 95.2 Å². The lowest BCUT2D eigenvalue weighted by atomic mass is 9.73. The van der Waals surface area contributed by atoms with Gasteiger partial charge in [0.15, 0.2) is 5.78 Å². The molecular weight excluding hydrogens is 422 g/mol. The highest BCUT2D eigenvalue weighted by Crippen LogP contribution is 2.40. The number of rotatable bonds is 3. The number of ketones is 1. The largest absolute Gasteiger partial charge is 0.507 e. The summed E-state index contributed by atoms with van der Waals surface area (Å²) in [4.78, 5) is 13.3. The Morgan fingerprint density at radius 2 is 1.35 bits per heavy atom. The Labute approximate surface area is 207 Å². The van der Waals surface area contributed by atoms with Crippen LogP contribution >= 0.6 is 0 Å². The Hall–Kier alpha value is -2.33. The molecule has 0 bridgehead atoms. The number of hydrogen-bond acceptors (Lipinski definition) is 4. The predicted octanol–water partition coefficient (Wildman–Crippen LogP) is 7.59. The summed E-state index contributed by atoms with van der Waals surface area (Å²) in [5.41, 5.74) is 3.96. The smallest absolute Gasteiger partial charge is 0.191 e. The molecule has 0 heterocycles. The van der Waals surface area contributed by atoms with E-state index in [9.17, 15) is 15.1 Å². The fourth-order valence-electron chi connectivity index (χ4n) is 3.94. The minimum Gasteiger partial charge on any atom is -0.507 e. The lowest BCUT2D eigenvalue weighted by Gasteiger charge is -2.31. The van der Waals surface area contributed by atoms with Crippen LogP contribution in [0.5, 0.6) is 5.75 Å². The van der Waals surface area contributed by atoms with E-state index in [2.05, 4.69) is 68.4 Å². The van der Waals surface area contributed by atoms with Crippen molar-refractivity contribution < 1.29 is 15.1 Å². The summed E-state index contributed by atoms with van der Waals surface area (Å²) < 4.78 is 0. The molecule has 4 nitrogen and oxygen atoms in total. The van der Waals surface area contributed by atoms with Crippen LogP contribution in [0.2, 0.25) is 0 Å². The van der Waals surface area contributed by atoms with Gasteiger partial charge in [-0.3, -0.25) is 15.1 Å². The summed E-state index contributed by atoms with van der Waals surface area (Å²) in [5.74, 6) is 0.108. The van der Waals surface area contributed by atoms with Crippen molar-refractivity contribution in [2.75, 3.05) is 0 Å². The second-order valence-corrected chi connectivity index (χ2v) is 13.7. The van der Waals surface area contributed by atoms with Gasteiger partial charge in [0.1, 0.15) is 5.75 Å². The van der Waals surface area contributed by atoms with Crippen molar-refractivity contribution in [3.63, 3.8) is 0 Å². The van der Waals surface area contributed by atoms with E-state index < -0.39 is 0 Å². The first kappa shape index (κ1) is 27.9. The molecule has 34 heavy (non-hydrogen) atoms. The van der Waals surface area contributed by atoms with Crippen LogP contribution in [0.4, 0.5) is 0 Å². The number of Topliss-reactive ketones (excluding diaryl/α,β-unsaturated/α-hetero) is 1. The van der Waals surface area contributed by atoms with Crippen molar-refractivity contribution in [1.29, 1.82) is 0 Å². The van der Waals surface area contributed by atoms with E-state index in [1.165, 1.54) is 6.20 Å². The first-order valence-corrected chi connectivity index (χ1v) is 12.2. The molecule has 0 spiro atoms. The van der Waals surface area contributed by atoms with Crippen LogP contribution in [-0.4, -0.2) is 21.2 Å². The summed E-state index contributed by atoms with van der Waals surface area (Å²) >= 11 is 0. The number of phenolic OH excluding ortho intramolecular Hbond substituents is 1. The Morgan fingerprint density at radius 1 is 0.794 bits per heavy atom. The molecule has 0 fully saturated rings. The number of phenols is 1. The summed E-state index contributed by atoms with van der Waals surface area (Å²) in [7, 11) is 0. The number of carbonyl (C=O) groups is 1. The maximum absolute atomic E-state index is 13.3. The number of hydroxylamine groups is 2. The molecule has 0 atom stereocenters. The normalized spacial score (nSPS) is 17.1. The van der Waals surface area contributed by atoms with Gasteiger partial charge in [-0.2, -0.15) is 0 Å². The molecule has 0 aromatic heterocycles. The van der Waals surface area contributed by atoms with Crippen molar-refractivity contribution in [2.24, 2.45) is 10.8 Å². The van der Waals surface area contributed by atoms with Crippen molar-refractivity contribution in [3.8, 4) is 5.75 Å². The third kappa shape index (κ3) is 6.41. The van der Waals surface area contributed by atoms with E-state index in [-0.39, 0.29) is 39.7 Å². The molecule has 0 radical (unpaired) electrons. The molecular formula is C30H45NO3. The first-order valence-electron chi connectivity index (χ1n) is 12.2. The molecule has 2 N–H and O–H groups in total. The van der Waals surface area contributed by atoms with Gasteiger partial charge in [-0.15, -0.1) is 0 Å². The minimum absolute atomic E-state index is 0.0723. The van der Waals surface area contributed by atoms with Gasteiger partial charge in [-0.25, -0.2) is 0 Å². The summed E-state index contributed by atoms with van der Waals surface area (Å²) in [5, 5.41) is 23.0. The molecule has 1 aromatic carbocycles. The molecule has 1 aromatic rings. The molecule has 188 valence electrons. The average Bonchev–Trinajstić information content (AvgIpc) is 2.61. The van der Waals surface area contributed by atoms with Gasteiger partial charge in [0.25, 0.3) is 0 Å². The Kier molecular flexibility index (Phi) is 7.42. The minimum atomic E-state index is -0.317. The predicted molar refractivity (Wildman–Crippen MR) is 141 cm³/mol. The van der Waals surface area contributed by atoms with Gasteiger partial charge >= 0.3 is 0 Å². The Bertz CT molecular complexity index is 1040. The fourth-order valence-corrected chi connectivity index (χ4v) is 3.94. The number of allylic oxidation sites excluding steroid dienone is 5. The number of aromatic hydroxyl groups is 1. The fraction of sp³-hybridized carbons (Fsp3) is 0.567. The Morgan fingerprint density at radius 3 is 1.79 bits per heavy atom. The lowest BCUT2D eigenvalue weighted by molar-refractivity contribution is -0.113. The van der Waals surface area contributed by atoms with Crippen molar-refractivity contribution >= 4 is 5.78 Å². The highest BCUT2D eigenvalue weighted by atomic mass is 16.5. The summed E-state index contributed by atoms with van der Waals surface area (Å²) in [6.45, 7) is 25.1. The molecule has 0 unspecified atom stereocenters. The zero-order chi connectivity index (χ0) is 26.4.